The Hall–Kier alpha value is -1.13. The van der Waals surface area contributed by atoms with Crippen molar-refractivity contribution < 1.29 is 9.13 Å². The van der Waals surface area contributed by atoms with Crippen LogP contribution in [0.4, 0.5) is 4.39 Å². The van der Waals surface area contributed by atoms with Crippen LogP contribution in [0.3, 0.4) is 0 Å². The van der Waals surface area contributed by atoms with Gasteiger partial charge in [0.15, 0.2) is 0 Å². The molecule has 2 N–H and O–H groups in total. The fourth-order valence-corrected chi connectivity index (χ4v) is 3.32. The number of hydrogen-bond acceptors (Lipinski definition) is 3. The maximum atomic E-state index is 12.8. The van der Waals surface area contributed by atoms with Crippen LogP contribution >= 0.6 is 0 Å². The summed E-state index contributed by atoms with van der Waals surface area (Å²) in [5.41, 5.74) is 5.88. The Labute approximate surface area is 127 Å². The van der Waals surface area contributed by atoms with Gasteiger partial charge in [0.1, 0.15) is 11.6 Å². The van der Waals surface area contributed by atoms with E-state index in [1.54, 1.807) is 12.1 Å². The second-order valence-corrected chi connectivity index (χ2v) is 5.78. The van der Waals surface area contributed by atoms with Crippen molar-refractivity contribution in [2.75, 3.05) is 26.2 Å². The molecule has 118 valence electrons. The highest BCUT2D eigenvalue weighted by molar-refractivity contribution is 5.21. The number of rotatable bonds is 8. The summed E-state index contributed by atoms with van der Waals surface area (Å²) in [6, 6.07) is 6.85. The first-order chi connectivity index (χ1) is 10.2. The Balaban J connectivity index is 1.72. The van der Waals surface area contributed by atoms with Crippen LogP contribution < -0.4 is 10.5 Å². The maximum absolute atomic E-state index is 12.8. The third kappa shape index (κ3) is 4.68. The lowest BCUT2D eigenvalue weighted by atomic mass is 10.0. The molecule has 2 unspecified atom stereocenters. The number of halogens is 1. The van der Waals surface area contributed by atoms with Gasteiger partial charge in [-0.15, -0.1) is 0 Å². The third-order valence-electron chi connectivity index (χ3n) is 4.47. The van der Waals surface area contributed by atoms with Gasteiger partial charge in [-0.1, -0.05) is 13.3 Å². The van der Waals surface area contributed by atoms with E-state index in [1.165, 1.54) is 31.4 Å². The molecule has 0 radical (unpaired) electrons. The second kappa shape index (κ2) is 8.35. The Bertz CT molecular complexity index is 410. The van der Waals surface area contributed by atoms with Crippen molar-refractivity contribution in [3.05, 3.63) is 30.1 Å². The lowest BCUT2D eigenvalue weighted by Gasteiger charge is -2.31. The molecular formula is C17H27FN2O. The SMILES string of the molecule is CCN(CCCOc1ccc(F)cc1)C1CCCC1CN. The molecule has 0 amide bonds. The minimum atomic E-state index is -0.228. The minimum Gasteiger partial charge on any atom is -0.494 e. The van der Waals surface area contributed by atoms with Gasteiger partial charge in [0.25, 0.3) is 0 Å². The van der Waals surface area contributed by atoms with Crippen LogP contribution in [0.2, 0.25) is 0 Å². The predicted octanol–water partition coefficient (Wildman–Crippen LogP) is 3.04. The van der Waals surface area contributed by atoms with E-state index in [1.807, 2.05) is 0 Å². The summed E-state index contributed by atoms with van der Waals surface area (Å²) in [5.74, 6) is 1.16. The van der Waals surface area contributed by atoms with Gasteiger partial charge in [-0.05, 0) is 62.5 Å². The molecule has 1 fully saturated rings. The molecule has 2 atom stereocenters. The maximum Gasteiger partial charge on any atom is 0.123 e. The molecule has 0 aliphatic heterocycles. The van der Waals surface area contributed by atoms with Crippen LogP contribution in [0.5, 0.6) is 5.75 Å². The topological polar surface area (TPSA) is 38.5 Å². The zero-order valence-corrected chi connectivity index (χ0v) is 12.9. The van der Waals surface area contributed by atoms with Crippen LogP contribution in [0.1, 0.15) is 32.6 Å². The van der Waals surface area contributed by atoms with Gasteiger partial charge in [0.05, 0.1) is 6.61 Å². The molecule has 1 aromatic rings. The van der Waals surface area contributed by atoms with E-state index in [2.05, 4.69) is 11.8 Å². The first-order valence-corrected chi connectivity index (χ1v) is 8.07. The average Bonchev–Trinajstić information content (AvgIpc) is 2.97. The molecule has 2 rings (SSSR count). The van der Waals surface area contributed by atoms with Crippen molar-refractivity contribution in [2.45, 2.75) is 38.6 Å². The molecule has 0 heterocycles. The summed E-state index contributed by atoms with van der Waals surface area (Å²) in [4.78, 5) is 2.54. The quantitative estimate of drug-likeness (QED) is 0.749. The Morgan fingerprint density at radius 2 is 2.05 bits per heavy atom. The fraction of sp³-hybridized carbons (Fsp3) is 0.647. The first kappa shape index (κ1) is 16.2. The number of hydrogen-bond donors (Lipinski definition) is 1. The van der Waals surface area contributed by atoms with Crippen molar-refractivity contribution in [3.8, 4) is 5.75 Å². The molecule has 3 nitrogen and oxygen atoms in total. The highest BCUT2D eigenvalue weighted by Crippen LogP contribution is 2.29. The van der Waals surface area contributed by atoms with Gasteiger partial charge in [0.2, 0.25) is 0 Å². The first-order valence-electron chi connectivity index (χ1n) is 8.07. The molecule has 21 heavy (non-hydrogen) atoms. The van der Waals surface area contributed by atoms with Crippen LogP contribution in [-0.2, 0) is 0 Å². The van der Waals surface area contributed by atoms with Gasteiger partial charge in [-0.2, -0.15) is 0 Å². The second-order valence-electron chi connectivity index (χ2n) is 5.78. The van der Waals surface area contributed by atoms with E-state index in [9.17, 15) is 4.39 Å². The largest absolute Gasteiger partial charge is 0.494 e. The van der Waals surface area contributed by atoms with E-state index in [0.717, 1.165) is 31.8 Å². The molecule has 0 bridgehead atoms. The normalized spacial score (nSPS) is 21.9. The van der Waals surface area contributed by atoms with Gasteiger partial charge < -0.3 is 15.4 Å². The molecule has 1 aromatic carbocycles. The number of ether oxygens (including phenoxy) is 1. The van der Waals surface area contributed by atoms with Crippen LogP contribution in [-0.4, -0.2) is 37.2 Å². The fourth-order valence-electron chi connectivity index (χ4n) is 3.32. The summed E-state index contributed by atoms with van der Waals surface area (Å²) in [7, 11) is 0. The predicted molar refractivity (Wildman–Crippen MR) is 83.9 cm³/mol. The van der Waals surface area contributed by atoms with Crippen molar-refractivity contribution in [1.29, 1.82) is 0 Å². The minimum absolute atomic E-state index is 0.228. The molecule has 1 aliphatic carbocycles. The highest BCUT2D eigenvalue weighted by atomic mass is 19.1. The number of nitrogens with zero attached hydrogens (tertiary/aromatic N) is 1. The summed E-state index contributed by atoms with van der Waals surface area (Å²) in [6.07, 6.45) is 4.83. The van der Waals surface area contributed by atoms with Crippen LogP contribution in [0.15, 0.2) is 24.3 Å². The van der Waals surface area contributed by atoms with Gasteiger partial charge in [-0.25, -0.2) is 4.39 Å². The van der Waals surface area contributed by atoms with Crippen molar-refractivity contribution in [2.24, 2.45) is 11.7 Å². The smallest absolute Gasteiger partial charge is 0.123 e. The van der Waals surface area contributed by atoms with Gasteiger partial charge in [0, 0.05) is 12.6 Å². The molecular weight excluding hydrogens is 267 g/mol. The van der Waals surface area contributed by atoms with Crippen LogP contribution in [0.25, 0.3) is 0 Å². The van der Waals surface area contributed by atoms with E-state index in [-0.39, 0.29) is 5.82 Å². The standard InChI is InChI=1S/C17H27FN2O/c1-2-20(17-6-3-5-14(17)13-19)11-4-12-21-16-9-7-15(18)8-10-16/h7-10,14,17H,2-6,11-13,19H2,1H3. The summed E-state index contributed by atoms with van der Waals surface area (Å²) < 4.78 is 18.5. The monoisotopic (exact) mass is 294 g/mol. The van der Waals surface area contributed by atoms with E-state index in [0.29, 0.717) is 18.6 Å². The van der Waals surface area contributed by atoms with Crippen molar-refractivity contribution in [1.82, 2.24) is 4.90 Å². The van der Waals surface area contributed by atoms with Crippen molar-refractivity contribution in [3.63, 3.8) is 0 Å². The zero-order valence-electron chi connectivity index (χ0n) is 12.9. The lowest BCUT2D eigenvalue weighted by molar-refractivity contribution is 0.157. The third-order valence-corrected chi connectivity index (χ3v) is 4.47. The van der Waals surface area contributed by atoms with Crippen molar-refractivity contribution >= 4 is 0 Å². The van der Waals surface area contributed by atoms with E-state index < -0.39 is 0 Å². The number of benzene rings is 1. The zero-order chi connectivity index (χ0) is 15.1. The molecule has 0 aromatic heterocycles. The van der Waals surface area contributed by atoms with E-state index in [4.69, 9.17) is 10.5 Å². The highest BCUT2D eigenvalue weighted by Gasteiger charge is 2.29. The molecule has 0 spiro atoms. The van der Waals surface area contributed by atoms with Gasteiger partial charge >= 0.3 is 0 Å². The Morgan fingerprint density at radius 1 is 1.29 bits per heavy atom. The van der Waals surface area contributed by atoms with Crippen LogP contribution in [0, 0.1) is 11.7 Å². The molecule has 4 heteroatoms. The Morgan fingerprint density at radius 3 is 2.71 bits per heavy atom. The lowest BCUT2D eigenvalue weighted by Crippen LogP contribution is -2.41. The average molecular weight is 294 g/mol. The van der Waals surface area contributed by atoms with Gasteiger partial charge in [-0.3, -0.25) is 0 Å². The molecule has 0 saturated heterocycles. The molecule has 1 aliphatic rings. The van der Waals surface area contributed by atoms with E-state index >= 15 is 0 Å². The summed E-state index contributed by atoms with van der Waals surface area (Å²) in [5, 5.41) is 0. The molecule has 1 saturated carbocycles. The summed E-state index contributed by atoms with van der Waals surface area (Å²) >= 11 is 0. The Kier molecular flexibility index (Phi) is 6.46. The summed E-state index contributed by atoms with van der Waals surface area (Å²) in [6.45, 7) is 5.79. The number of nitrogens with two attached hydrogens (primary N) is 1.